The van der Waals surface area contributed by atoms with Crippen molar-refractivity contribution in [2.45, 2.75) is 33.1 Å². The number of nitrogens with one attached hydrogen (secondary N) is 2. The largest absolute Gasteiger partial charge is 0.383 e. The van der Waals surface area contributed by atoms with Crippen LogP contribution in [0.4, 0.5) is 11.5 Å². The van der Waals surface area contributed by atoms with Gasteiger partial charge >= 0.3 is 0 Å². The molecule has 2 heterocycles. The van der Waals surface area contributed by atoms with Crippen LogP contribution >= 0.6 is 0 Å². The summed E-state index contributed by atoms with van der Waals surface area (Å²) in [5.41, 5.74) is 12.4. The van der Waals surface area contributed by atoms with Crippen LogP contribution in [-0.2, 0) is 16.6 Å². The molecule has 4 rings (SSSR count). The van der Waals surface area contributed by atoms with E-state index in [0.717, 1.165) is 47.0 Å². The summed E-state index contributed by atoms with van der Waals surface area (Å²) < 4.78 is 1.98. The van der Waals surface area contributed by atoms with Gasteiger partial charge < -0.3 is 20.9 Å². The van der Waals surface area contributed by atoms with Crippen molar-refractivity contribution >= 4 is 39.9 Å². The average Bonchev–Trinajstić information content (AvgIpc) is 3.14. The summed E-state index contributed by atoms with van der Waals surface area (Å²) in [6.45, 7) is 11.2. The second-order valence-corrected chi connectivity index (χ2v) is 9.34. The summed E-state index contributed by atoms with van der Waals surface area (Å²) in [5, 5.41) is 6.55. The molecule has 1 saturated carbocycles. The maximum atomic E-state index is 12.4. The molecule has 8 nitrogen and oxygen atoms in total. The van der Waals surface area contributed by atoms with Crippen molar-refractivity contribution in [2.75, 3.05) is 11.1 Å². The van der Waals surface area contributed by atoms with E-state index in [4.69, 9.17) is 5.73 Å². The molecule has 4 N–H and O–H groups in total. The normalized spacial score (nSPS) is 14.2. The van der Waals surface area contributed by atoms with Crippen molar-refractivity contribution in [1.29, 1.82) is 0 Å². The Morgan fingerprint density at radius 1 is 1.14 bits per heavy atom. The van der Waals surface area contributed by atoms with Crippen LogP contribution < -0.4 is 16.4 Å². The number of anilines is 2. The molecule has 2 aromatic heterocycles. The summed E-state index contributed by atoms with van der Waals surface area (Å²) in [6.07, 6.45) is 9.83. The first-order chi connectivity index (χ1) is 17.7. The maximum Gasteiger partial charge on any atom is 0.250 e. The number of allylic oxidation sites excluding steroid dienone is 4. The molecule has 0 spiro atoms. The molecular weight excluding hydrogens is 464 g/mol. The molecule has 0 unspecified atom stereocenters. The van der Waals surface area contributed by atoms with E-state index >= 15 is 0 Å². The minimum atomic E-state index is -0.228. The van der Waals surface area contributed by atoms with Gasteiger partial charge in [0.2, 0.25) is 5.91 Å². The van der Waals surface area contributed by atoms with E-state index in [1.54, 1.807) is 13.0 Å². The Balaban J connectivity index is 1.76. The highest BCUT2D eigenvalue weighted by molar-refractivity contribution is 6.05. The van der Waals surface area contributed by atoms with E-state index in [0.29, 0.717) is 28.4 Å². The predicted molar refractivity (Wildman–Crippen MR) is 149 cm³/mol. The fourth-order valence-electron chi connectivity index (χ4n) is 4.32. The molecule has 1 aliphatic rings. The SMILES string of the molecule is C=C/C(=C\C=C(/C)c1c(-c2ccc(NC(=O)C(=C)C)cc2)n(C)c2ncnc(N)c12)NC(=O)C1CCC1. The molecule has 0 radical (unpaired) electrons. The van der Waals surface area contributed by atoms with Gasteiger partial charge in [0, 0.05) is 35.5 Å². The summed E-state index contributed by atoms with van der Waals surface area (Å²) >= 11 is 0. The van der Waals surface area contributed by atoms with Gasteiger partial charge in [-0.15, -0.1) is 0 Å². The highest BCUT2D eigenvalue weighted by Crippen LogP contribution is 2.39. The molecule has 1 aliphatic carbocycles. The van der Waals surface area contributed by atoms with Gasteiger partial charge in [-0.2, -0.15) is 0 Å². The molecule has 3 aromatic rings. The third-order valence-corrected chi connectivity index (χ3v) is 6.67. The number of nitrogens with two attached hydrogens (primary N) is 1. The molecule has 0 bridgehead atoms. The number of rotatable bonds is 8. The van der Waals surface area contributed by atoms with Crippen LogP contribution in [0.5, 0.6) is 0 Å². The van der Waals surface area contributed by atoms with Gasteiger partial charge in [-0.1, -0.05) is 37.8 Å². The lowest BCUT2D eigenvalue weighted by Crippen LogP contribution is -2.33. The van der Waals surface area contributed by atoms with Crippen LogP contribution in [0.3, 0.4) is 0 Å². The van der Waals surface area contributed by atoms with Crippen molar-refractivity contribution < 1.29 is 9.59 Å². The number of amides is 2. The van der Waals surface area contributed by atoms with Crippen molar-refractivity contribution in [3.63, 3.8) is 0 Å². The van der Waals surface area contributed by atoms with Crippen LogP contribution in [0.15, 0.2) is 73.2 Å². The molecule has 0 atom stereocenters. The van der Waals surface area contributed by atoms with E-state index in [-0.39, 0.29) is 17.7 Å². The topological polar surface area (TPSA) is 115 Å². The van der Waals surface area contributed by atoms with Gasteiger partial charge in [0.05, 0.1) is 11.1 Å². The highest BCUT2D eigenvalue weighted by atomic mass is 16.2. The Hall–Kier alpha value is -4.46. The number of carbonyl (C=O) groups is 2. The standard InChI is InChI=1S/C29H32N6O2/c1-6-21(33-29(37)20-8-7-9-20)13-10-18(4)23-24-26(30)31-16-32-27(24)35(5)25(23)19-11-14-22(15-12-19)34-28(36)17(2)3/h6,10-16,20H,1-2,7-9H2,3-5H3,(H,33,37)(H,34,36)(H2,30,31,32)/b18-10+,21-13+. The minimum Gasteiger partial charge on any atom is -0.383 e. The number of hydrogen-bond acceptors (Lipinski definition) is 5. The summed E-state index contributed by atoms with van der Waals surface area (Å²) in [4.78, 5) is 33.1. The van der Waals surface area contributed by atoms with Gasteiger partial charge in [-0.25, -0.2) is 9.97 Å². The Morgan fingerprint density at radius 2 is 1.84 bits per heavy atom. The first-order valence-electron chi connectivity index (χ1n) is 12.2. The molecule has 0 saturated heterocycles. The quantitative estimate of drug-likeness (QED) is 0.296. The molecule has 37 heavy (non-hydrogen) atoms. The first kappa shape index (κ1) is 25.6. The maximum absolute atomic E-state index is 12.4. The number of benzene rings is 1. The van der Waals surface area contributed by atoms with E-state index < -0.39 is 0 Å². The molecule has 1 aromatic carbocycles. The molecule has 2 amide bonds. The third-order valence-electron chi connectivity index (χ3n) is 6.67. The van der Waals surface area contributed by atoms with Gasteiger partial charge in [-0.05, 0) is 62.1 Å². The van der Waals surface area contributed by atoms with Crippen LogP contribution in [0, 0.1) is 5.92 Å². The second kappa shape index (κ2) is 10.7. The Kier molecular flexibility index (Phi) is 7.38. The van der Waals surface area contributed by atoms with Crippen LogP contribution in [0.25, 0.3) is 27.9 Å². The highest BCUT2D eigenvalue weighted by Gasteiger charge is 2.25. The van der Waals surface area contributed by atoms with Crippen LogP contribution in [0.1, 0.15) is 38.7 Å². The Labute approximate surface area is 216 Å². The number of fused-ring (bicyclic) bond motifs is 1. The zero-order chi connectivity index (χ0) is 26.7. The molecule has 0 aliphatic heterocycles. The number of hydrogen-bond donors (Lipinski definition) is 3. The molecule has 1 fully saturated rings. The third kappa shape index (κ3) is 5.23. The van der Waals surface area contributed by atoms with Crippen molar-refractivity contribution in [1.82, 2.24) is 19.9 Å². The number of aromatic nitrogens is 3. The van der Waals surface area contributed by atoms with E-state index in [2.05, 4.69) is 33.8 Å². The van der Waals surface area contributed by atoms with Crippen molar-refractivity contribution in [3.05, 3.63) is 78.8 Å². The zero-order valence-electron chi connectivity index (χ0n) is 21.5. The van der Waals surface area contributed by atoms with E-state index in [1.165, 1.54) is 6.33 Å². The number of carbonyl (C=O) groups excluding carboxylic acids is 2. The van der Waals surface area contributed by atoms with Gasteiger partial charge in [0.15, 0.2) is 0 Å². The van der Waals surface area contributed by atoms with Gasteiger partial charge in [0.25, 0.3) is 5.91 Å². The van der Waals surface area contributed by atoms with E-state index in [9.17, 15) is 9.59 Å². The van der Waals surface area contributed by atoms with E-state index in [1.807, 2.05) is 55.0 Å². The Bertz CT molecular complexity index is 1460. The van der Waals surface area contributed by atoms with Crippen LogP contribution in [0.2, 0.25) is 0 Å². The summed E-state index contributed by atoms with van der Waals surface area (Å²) in [6, 6.07) is 7.56. The van der Waals surface area contributed by atoms with Gasteiger partial charge in [0.1, 0.15) is 17.8 Å². The predicted octanol–water partition coefficient (Wildman–Crippen LogP) is 5.12. The fourth-order valence-corrected chi connectivity index (χ4v) is 4.32. The monoisotopic (exact) mass is 496 g/mol. The summed E-state index contributed by atoms with van der Waals surface area (Å²) in [7, 11) is 1.93. The molecular formula is C29H32N6O2. The first-order valence-corrected chi connectivity index (χ1v) is 12.2. The lowest BCUT2D eigenvalue weighted by molar-refractivity contribution is -0.126. The Morgan fingerprint density at radius 3 is 2.43 bits per heavy atom. The second-order valence-electron chi connectivity index (χ2n) is 9.34. The summed E-state index contributed by atoms with van der Waals surface area (Å²) in [5.74, 6) is 0.268. The minimum absolute atomic E-state index is 0.0331. The zero-order valence-corrected chi connectivity index (χ0v) is 21.5. The fraction of sp³-hybridized carbons (Fsp3) is 0.241. The number of aryl methyl sites for hydroxylation is 1. The van der Waals surface area contributed by atoms with Gasteiger partial charge in [-0.3, -0.25) is 9.59 Å². The average molecular weight is 497 g/mol. The lowest BCUT2D eigenvalue weighted by Gasteiger charge is -2.24. The van der Waals surface area contributed by atoms with Crippen molar-refractivity contribution in [2.24, 2.45) is 13.0 Å². The van der Waals surface area contributed by atoms with Crippen molar-refractivity contribution in [3.8, 4) is 11.3 Å². The molecule has 190 valence electrons. The molecule has 8 heteroatoms. The van der Waals surface area contributed by atoms with Crippen LogP contribution in [-0.4, -0.2) is 26.3 Å². The lowest BCUT2D eigenvalue weighted by atomic mass is 9.85. The number of nitrogens with zero attached hydrogens (tertiary/aromatic N) is 3. The smallest absolute Gasteiger partial charge is 0.250 e. The number of nitrogen functional groups attached to an aromatic ring is 1.